The van der Waals surface area contributed by atoms with Gasteiger partial charge >= 0.3 is 11.9 Å². The van der Waals surface area contributed by atoms with E-state index in [1.807, 2.05) is 0 Å². The number of hydrogen-bond acceptors (Lipinski definition) is 5. The summed E-state index contributed by atoms with van der Waals surface area (Å²) in [5.74, 6) is -2.03. The van der Waals surface area contributed by atoms with Gasteiger partial charge in [-0.1, -0.05) is 6.58 Å². The number of carbonyl (C=O) groups is 2. The summed E-state index contributed by atoms with van der Waals surface area (Å²) in [5.41, 5.74) is -0.136. The van der Waals surface area contributed by atoms with Crippen molar-refractivity contribution in [3.63, 3.8) is 0 Å². The number of esters is 2. The van der Waals surface area contributed by atoms with Crippen molar-refractivity contribution in [3.8, 4) is 0 Å². The third kappa shape index (κ3) is 4.81. The van der Waals surface area contributed by atoms with E-state index >= 15 is 0 Å². The Kier molecular flexibility index (Phi) is 5.65. The Labute approximate surface area is 152 Å². The molecule has 0 radical (unpaired) electrons. The molecule has 0 aromatic heterocycles. The monoisotopic (exact) mass is 372 g/mol. The summed E-state index contributed by atoms with van der Waals surface area (Å²) in [6, 6.07) is 0. The minimum Gasteiger partial charge on any atom is -0.459 e. The van der Waals surface area contributed by atoms with Crippen LogP contribution < -0.4 is 0 Å². The van der Waals surface area contributed by atoms with Gasteiger partial charge in [0.05, 0.1) is 12.5 Å². The maximum Gasteiger partial charge on any atom is 0.336 e. The molecule has 7 heteroatoms. The number of alkyl halides is 2. The molecule has 4 rings (SSSR count). The molecule has 0 aromatic carbocycles. The van der Waals surface area contributed by atoms with Gasteiger partial charge in [-0.05, 0) is 55.8 Å². The molecule has 0 saturated heterocycles. The summed E-state index contributed by atoms with van der Waals surface area (Å²) in [4.78, 5) is 23.3. The number of ether oxygens (including phenoxy) is 3. The van der Waals surface area contributed by atoms with Crippen LogP contribution in [0, 0.1) is 23.7 Å². The average molecular weight is 372 g/mol. The molecule has 0 unspecified atom stereocenters. The molecule has 0 amide bonds. The Balaban J connectivity index is 1.36. The van der Waals surface area contributed by atoms with Gasteiger partial charge in [-0.25, -0.2) is 13.6 Å². The molecule has 0 N–H and O–H groups in total. The van der Waals surface area contributed by atoms with Crippen LogP contribution in [0.15, 0.2) is 12.2 Å². The van der Waals surface area contributed by atoms with Gasteiger partial charge in [-0.2, -0.15) is 0 Å². The number of carbonyl (C=O) groups excluding carboxylic acids is 2. The molecule has 0 spiro atoms. The zero-order valence-electron chi connectivity index (χ0n) is 15.0. The minimum atomic E-state index is -3.11. The van der Waals surface area contributed by atoms with E-state index in [1.165, 1.54) is 32.1 Å². The van der Waals surface area contributed by atoms with Crippen LogP contribution >= 0.6 is 0 Å². The zero-order valence-corrected chi connectivity index (χ0v) is 15.0. The topological polar surface area (TPSA) is 61.8 Å². The first-order valence-corrected chi connectivity index (χ1v) is 9.21. The van der Waals surface area contributed by atoms with E-state index in [4.69, 9.17) is 9.47 Å². The first kappa shape index (κ1) is 19.3. The van der Waals surface area contributed by atoms with Crippen molar-refractivity contribution >= 4 is 11.9 Å². The predicted octanol–water partition coefficient (Wildman–Crippen LogP) is 3.47. The van der Waals surface area contributed by atoms with Gasteiger partial charge in [0.2, 0.25) is 0 Å². The predicted molar refractivity (Wildman–Crippen MR) is 88.2 cm³/mol. The lowest BCUT2D eigenvalue weighted by molar-refractivity contribution is -0.184. The van der Waals surface area contributed by atoms with E-state index in [1.54, 1.807) is 0 Å². The lowest BCUT2D eigenvalue weighted by atomic mass is 9.55. The largest absolute Gasteiger partial charge is 0.459 e. The van der Waals surface area contributed by atoms with Crippen molar-refractivity contribution in [1.29, 1.82) is 0 Å². The Morgan fingerprint density at radius 2 is 1.62 bits per heavy atom. The average Bonchev–Trinajstić information content (AvgIpc) is 2.54. The summed E-state index contributed by atoms with van der Waals surface area (Å²) in [5, 5.41) is 0. The van der Waals surface area contributed by atoms with Crippen LogP contribution in [-0.4, -0.2) is 37.4 Å². The van der Waals surface area contributed by atoms with Crippen LogP contribution in [0.3, 0.4) is 0 Å². The third-order valence-corrected chi connectivity index (χ3v) is 5.72. The van der Waals surface area contributed by atoms with Gasteiger partial charge in [0.25, 0.3) is 5.92 Å². The molecular formula is C19H26F2O5. The Morgan fingerprint density at radius 1 is 1.04 bits per heavy atom. The van der Waals surface area contributed by atoms with Crippen LogP contribution in [0.4, 0.5) is 8.78 Å². The van der Waals surface area contributed by atoms with Crippen molar-refractivity contribution in [2.45, 2.75) is 57.5 Å². The Morgan fingerprint density at radius 3 is 2.15 bits per heavy atom. The fourth-order valence-electron chi connectivity index (χ4n) is 4.92. The molecule has 0 heterocycles. The highest BCUT2D eigenvalue weighted by molar-refractivity contribution is 5.93. The normalized spacial score (nSPS) is 32.3. The summed E-state index contributed by atoms with van der Waals surface area (Å²) in [7, 11) is 0. The quantitative estimate of drug-likeness (QED) is 0.371. The second-order valence-electron chi connectivity index (χ2n) is 8.12. The van der Waals surface area contributed by atoms with Crippen molar-refractivity contribution in [1.82, 2.24) is 0 Å². The smallest absolute Gasteiger partial charge is 0.336 e. The molecule has 4 fully saturated rings. The lowest BCUT2D eigenvalue weighted by Gasteiger charge is -2.53. The molecule has 4 aliphatic rings. The van der Waals surface area contributed by atoms with Gasteiger partial charge in [-0.3, -0.25) is 4.79 Å². The first-order valence-electron chi connectivity index (χ1n) is 9.21. The van der Waals surface area contributed by atoms with E-state index in [9.17, 15) is 18.4 Å². The summed E-state index contributed by atoms with van der Waals surface area (Å²) >= 11 is 0. The molecule has 4 bridgehead atoms. The SMILES string of the molecule is C=C(CC(=O)OCC(C)(F)F)C(=O)OCOC1C2CC3CC(C2)CC1C3. The maximum absolute atomic E-state index is 12.6. The highest BCUT2D eigenvalue weighted by Gasteiger charge is 2.48. The van der Waals surface area contributed by atoms with Crippen LogP contribution in [0.1, 0.15) is 45.4 Å². The molecule has 0 aromatic rings. The summed E-state index contributed by atoms with van der Waals surface area (Å²) in [6.45, 7) is 2.90. The lowest BCUT2D eigenvalue weighted by Crippen LogP contribution is -2.49. The van der Waals surface area contributed by atoms with Gasteiger partial charge in [0.15, 0.2) is 13.4 Å². The van der Waals surface area contributed by atoms with E-state index in [-0.39, 0.29) is 18.5 Å². The zero-order chi connectivity index (χ0) is 18.9. The van der Waals surface area contributed by atoms with Gasteiger partial charge in [0.1, 0.15) is 0 Å². The molecule has 0 atom stereocenters. The fraction of sp³-hybridized carbons (Fsp3) is 0.789. The fourth-order valence-corrected chi connectivity index (χ4v) is 4.92. The maximum atomic E-state index is 12.6. The van der Waals surface area contributed by atoms with Crippen LogP contribution in [0.25, 0.3) is 0 Å². The van der Waals surface area contributed by atoms with E-state index in [0.29, 0.717) is 18.8 Å². The first-order chi connectivity index (χ1) is 12.2. The van der Waals surface area contributed by atoms with Gasteiger partial charge in [0, 0.05) is 12.5 Å². The molecule has 4 aliphatic carbocycles. The van der Waals surface area contributed by atoms with E-state index in [0.717, 1.165) is 11.8 Å². The number of halogens is 2. The van der Waals surface area contributed by atoms with Crippen LogP contribution in [0.2, 0.25) is 0 Å². The van der Waals surface area contributed by atoms with Crippen molar-refractivity contribution in [2.24, 2.45) is 23.7 Å². The second kappa shape index (κ2) is 7.62. The van der Waals surface area contributed by atoms with Crippen molar-refractivity contribution in [2.75, 3.05) is 13.4 Å². The van der Waals surface area contributed by atoms with Crippen molar-refractivity contribution in [3.05, 3.63) is 12.2 Å². The highest BCUT2D eigenvalue weighted by Crippen LogP contribution is 2.54. The molecule has 5 nitrogen and oxygen atoms in total. The Hall–Kier alpha value is -1.50. The van der Waals surface area contributed by atoms with Crippen molar-refractivity contribution < 1.29 is 32.6 Å². The summed E-state index contributed by atoms with van der Waals surface area (Å²) in [6.07, 6.45) is 5.82. The molecular weight excluding hydrogens is 346 g/mol. The third-order valence-electron chi connectivity index (χ3n) is 5.72. The Bertz CT molecular complexity index is 541. The standard InChI is InChI=1S/C19H26F2O5/c1-11(3-16(22)24-9-19(2,20)21)18(23)26-10-25-17-14-5-12-4-13(7-14)8-15(17)6-12/h12-15,17H,1,3-10H2,2H3. The number of rotatable bonds is 8. The van der Waals surface area contributed by atoms with E-state index in [2.05, 4.69) is 11.3 Å². The molecule has 26 heavy (non-hydrogen) atoms. The van der Waals surface area contributed by atoms with Gasteiger partial charge in [-0.15, -0.1) is 0 Å². The van der Waals surface area contributed by atoms with Crippen LogP contribution in [0.5, 0.6) is 0 Å². The second-order valence-corrected chi connectivity index (χ2v) is 8.12. The molecule has 4 saturated carbocycles. The minimum absolute atomic E-state index is 0.136. The number of hydrogen-bond donors (Lipinski definition) is 0. The molecule has 0 aliphatic heterocycles. The summed E-state index contributed by atoms with van der Waals surface area (Å²) < 4.78 is 40.6. The molecule has 146 valence electrons. The van der Waals surface area contributed by atoms with E-state index < -0.39 is 30.9 Å². The highest BCUT2D eigenvalue weighted by atomic mass is 19.3. The van der Waals surface area contributed by atoms with Crippen LogP contribution in [-0.2, 0) is 23.8 Å². The van der Waals surface area contributed by atoms with Gasteiger partial charge < -0.3 is 14.2 Å².